The second-order valence-corrected chi connectivity index (χ2v) is 11.9. The van der Waals surface area contributed by atoms with Crippen LogP contribution in [0.3, 0.4) is 0 Å². The largest absolute Gasteiger partial charge is 0.350 e. The number of anilines is 1. The lowest BCUT2D eigenvalue weighted by atomic mass is 9.79. The number of halogens is 2. The first-order chi connectivity index (χ1) is 21.0. The van der Waals surface area contributed by atoms with Crippen LogP contribution < -0.4 is 5.32 Å². The molecule has 0 radical (unpaired) electrons. The van der Waals surface area contributed by atoms with Crippen LogP contribution in [-0.4, -0.2) is 63.2 Å². The Morgan fingerprint density at radius 3 is 2.68 bits per heavy atom. The summed E-state index contributed by atoms with van der Waals surface area (Å²) >= 11 is 0. The topological polar surface area (TPSA) is 122 Å². The fraction of sp³-hybridized carbons (Fsp3) is 0.303. The number of H-pyrrole nitrogens is 1. The van der Waals surface area contributed by atoms with Crippen molar-refractivity contribution in [2.45, 2.75) is 44.2 Å². The third-order valence-corrected chi connectivity index (χ3v) is 8.62. The van der Waals surface area contributed by atoms with Crippen LogP contribution in [0.5, 0.6) is 0 Å². The third kappa shape index (κ3) is 4.76. The fourth-order valence-electron chi connectivity index (χ4n) is 6.39. The Morgan fingerprint density at radius 1 is 1.18 bits per heavy atom. The molecule has 1 unspecified atom stereocenters. The monoisotopic (exact) mass is 596 g/mol. The van der Waals surface area contributed by atoms with Crippen molar-refractivity contribution in [3.63, 3.8) is 0 Å². The van der Waals surface area contributed by atoms with E-state index in [-0.39, 0.29) is 47.8 Å². The van der Waals surface area contributed by atoms with Gasteiger partial charge in [-0.15, -0.1) is 0 Å². The summed E-state index contributed by atoms with van der Waals surface area (Å²) in [5.41, 5.74) is 1.80. The van der Waals surface area contributed by atoms with Gasteiger partial charge in [-0.1, -0.05) is 26.0 Å². The van der Waals surface area contributed by atoms with Gasteiger partial charge in [-0.2, -0.15) is 5.26 Å². The van der Waals surface area contributed by atoms with E-state index in [2.05, 4.69) is 21.4 Å². The number of pyridine rings is 1. The molecule has 0 aliphatic carbocycles. The van der Waals surface area contributed by atoms with Crippen LogP contribution in [0.2, 0.25) is 0 Å². The maximum absolute atomic E-state index is 14.4. The van der Waals surface area contributed by atoms with E-state index in [1.165, 1.54) is 22.9 Å². The van der Waals surface area contributed by atoms with E-state index in [1.807, 2.05) is 44.2 Å². The molecule has 6 rings (SSSR count). The summed E-state index contributed by atoms with van der Waals surface area (Å²) in [5, 5.41) is 13.2. The van der Waals surface area contributed by atoms with Crippen molar-refractivity contribution in [3.8, 4) is 17.3 Å². The van der Waals surface area contributed by atoms with E-state index in [9.17, 15) is 28.4 Å². The smallest absolute Gasteiger partial charge is 0.270 e. The third-order valence-electron chi connectivity index (χ3n) is 8.62. The first kappa shape index (κ1) is 29.0. The molecule has 3 amide bonds. The predicted octanol–water partition coefficient (Wildman–Crippen LogP) is 5.01. The van der Waals surface area contributed by atoms with Crippen molar-refractivity contribution in [2.75, 3.05) is 18.9 Å². The number of nitrogens with zero attached hydrogens (tertiary/aromatic N) is 4. The number of nitrogens with one attached hydrogen (secondary N) is 2. The van der Waals surface area contributed by atoms with Crippen molar-refractivity contribution in [2.24, 2.45) is 5.92 Å². The summed E-state index contributed by atoms with van der Waals surface area (Å²) in [7, 11) is 1.47. The molecular formula is C33H30F2N6O3. The molecule has 0 bridgehead atoms. The first-order valence-corrected chi connectivity index (χ1v) is 14.3. The van der Waals surface area contributed by atoms with Gasteiger partial charge in [-0.05, 0) is 54.3 Å². The molecule has 2 aliphatic heterocycles. The standard InChI is InChI=1S/C33H30F2N6O3/c1-18(2)10-29(40(3)30(42)28-14-22-24(35)12-20(34)13-27(22)38-28)31(43)41-17-33(15-21(41)16-36)23-11-19(25-6-4-5-9-37-25)7-8-26(23)39-32(33)44/h4-9,11-14,18,21,29,38H,10,15,17H2,1-3H3,(H,39,44)/t21?,29-,33-/m0/s1. The van der Waals surface area contributed by atoms with Crippen LogP contribution in [-0.2, 0) is 15.0 Å². The van der Waals surface area contributed by atoms with Gasteiger partial charge in [0.2, 0.25) is 11.8 Å². The number of rotatable bonds is 6. The summed E-state index contributed by atoms with van der Waals surface area (Å²) in [4.78, 5) is 51.3. The number of hydrogen-bond acceptors (Lipinski definition) is 5. The summed E-state index contributed by atoms with van der Waals surface area (Å²) in [6, 6.07) is 14.5. The number of aromatic amines is 1. The molecule has 1 saturated heterocycles. The van der Waals surface area contributed by atoms with E-state index >= 15 is 0 Å². The summed E-state index contributed by atoms with van der Waals surface area (Å²) in [6.07, 6.45) is 2.05. The zero-order chi connectivity index (χ0) is 31.3. The summed E-state index contributed by atoms with van der Waals surface area (Å²) in [6.45, 7) is 3.78. The highest BCUT2D eigenvalue weighted by molar-refractivity contribution is 6.08. The molecule has 2 aromatic carbocycles. The van der Waals surface area contributed by atoms with Crippen LogP contribution in [0.4, 0.5) is 14.5 Å². The molecular weight excluding hydrogens is 566 g/mol. The van der Waals surface area contributed by atoms with Crippen LogP contribution in [0, 0.1) is 28.9 Å². The minimum Gasteiger partial charge on any atom is -0.350 e. The first-order valence-electron chi connectivity index (χ1n) is 14.3. The second kappa shape index (κ2) is 10.9. The van der Waals surface area contributed by atoms with E-state index in [1.54, 1.807) is 12.3 Å². The van der Waals surface area contributed by atoms with Gasteiger partial charge in [0.1, 0.15) is 29.4 Å². The van der Waals surface area contributed by atoms with Crippen LogP contribution in [0.1, 0.15) is 42.7 Å². The minimum absolute atomic E-state index is 0.00516. The van der Waals surface area contributed by atoms with Crippen molar-refractivity contribution in [3.05, 3.63) is 83.7 Å². The molecule has 0 saturated carbocycles. The number of hydrogen-bond donors (Lipinski definition) is 2. The number of nitriles is 1. The van der Waals surface area contributed by atoms with E-state index in [0.29, 0.717) is 11.3 Å². The van der Waals surface area contributed by atoms with E-state index < -0.39 is 40.9 Å². The number of likely N-dealkylation sites (tertiary alicyclic amines) is 1. The SMILES string of the molecule is CC(C)C[C@@H](C(=O)N1C[C@]2(CC1C#N)C(=O)Nc1ccc(-c3ccccn3)cc12)N(C)C(=O)c1cc2c(F)cc(F)cc2[nH]1. The van der Waals surface area contributed by atoms with Gasteiger partial charge in [0.05, 0.1) is 22.7 Å². The highest BCUT2D eigenvalue weighted by Crippen LogP contribution is 2.47. The Hall–Kier alpha value is -5.11. The fourth-order valence-corrected chi connectivity index (χ4v) is 6.39. The van der Waals surface area contributed by atoms with Gasteiger partial charge >= 0.3 is 0 Å². The zero-order valence-corrected chi connectivity index (χ0v) is 24.4. The Labute approximate surface area is 252 Å². The Kier molecular flexibility index (Phi) is 7.16. The number of amides is 3. The minimum atomic E-state index is -1.15. The molecule has 44 heavy (non-hydrogen) atoms. The molecule has 11 heteroatoms. The molecule has 4 aromatic rings. The van der Waals surface area contributed by atoms with Gasteiger partial charge in [0.15, 0.2) is 0 Å². The molecule has 3 atom stereocenters. The number of carbonyl (C=O) groups excluding carboxylic acids is 3. The number of likely N-dealkylation sites (N-methyl/N-ethyl adjacent to an activating group) is 1. The van der Waals surface area contributed by atoms with Gasteiger partial charge < -0.3 is 20.1 Å². The molecule has 1 fully saturated rings. The maximum atomic E-state index is 14.4. The Bertz CT molecular complexity index is 1850. The van der Waals surface area contributed by atoms with Gasteiger partial charge in [-0.3, -0.25) is 19.4 Å². The summed E-state index contributed by atoms with van der Waals surface area (Å²) < 4.78 is 28.1. The maximum Gasteiger partial charge on any atom is 0.270 e. The van der Waals surface area contributed by atoms with E-state index in [0.717, 1.165) is 23.4 Å². The average molecular weight is 597 g/mol. The lowest BCUT2D eigenvalue weighted by molar-refractivity contribution is -0.136. The van der Waals surface area contributed by atoms with Crippen LogP contribution in [0.25, 0.3) is 22.2 Å². The van der Waals surface area contributed by atoms with Gasteiger partial charge in [0, 0.05) is 48.9 Å². The average Bonchev–Trinajstić information content (AvgIpc) is 3.69. The number of benzene rings is 2. The molecule has 2 aromatic heterocycles. The van der Waals surface area contributed by atoms with Crippen LogP contribution >= 0.6 is 0 Å². The number of fused-ring (bicyclic) bond motifs is 3. The quantitative estimate of drug-likeness (QED) is 0.324. The summed E-state index contributed by atoms with van der Waals surface area (Å²) in [5.74, 6) is -2.96. The number of carbonyl (C=O) groups is 3. The molecule has 2 N–H and O–H groups in total. The molecule has 1 spiro atoms. The molecule has 9 nitrogen and oxygen atoms in total. The van der Waals surface area contributed by atoms with Crippen molar-refractivity contribution in [1.82, 2.24) is 19.8 Å². The highest BCUT2D eigenvalue weighted by atomic mass is 19.1. The molecule has 4 heterocycles. The van der Waals surface area contributed by atoms with Crippen molar-refractivity contribution < 1.29 is 23.2 Å². The second-order valence-electron chi connectivity index (χ2n) is 11.9. The van der Waals surface area contributed by atoms with Gasteiger partial charge in [0.25, 0.3) is 5.91 Å². The van der Waals surface area contributed by atoms with Crippen molar-refractivity contribution >= 4 is 34.3 Å². The molecule has 224 valence electrons. The Morgan fingerprint density at radius 2 is 1.98 bits per heavy atom. The lowest BCUT2D eigenvalue weighted by Crippen LogP contribution is -2.52. The van der Waals surface area contributed by atoms with E-state index in [4.69, 9.17) is 0 Å². The van der Waals surface area contributed by atoms with Crippen molar-refractivity contribution in [1.29, 1.82) is 5.26 Å². The normalized spacial score (nSPS) is 19.7. The lowest BCUT2D eigenvalue weighted by Gasteiger charge is -2.33. The Balaban J connectivity index is 1.33. The number of aromatic nitrogens is 2. The van der Waals surface area contributed by atoms with Gasteiger partial charge in [-0.25, -0.2) is 8.78 Å². The molecule has 2 aliphatic rings. The predicted molar refractivity (Wildman–Crippen MR) is 159 cm³/mol. The zero-order valence-electron chi connectivity index (χ0n) is 24.4. The van der Waals surface area contributed by atoms with Crippen LogP contribution in [0.15, 0.2) is 60.8 Å². The highest BCUT2D eigenvalue weighted by Gasteiger charge is 2.57.